The molecule has 5 nitrogen and oxygen atoms in total. The van der Waals surface area contributed by atoms with Gasteiger partial charge in [0.15, 0.2) is 0 Å². The standard InChI is InChI=1S/C9H5Cl3F3NO4S/c10-5-3(9(13,14)15)1-2-4(6(5)21(18,19)20)8(11,12)7(16)17/h1-2H,(H2,16,17)(H,18,19,20). The van der Waals surface area contributed by atoms with Crippen molar-refractivity contribution in [2.45, 2.75) is 15.4 Å². The molecule has 3 N–H and O–H groups in total. The van der Waals surface area contributed by atoms with Crippen molar-refractivity contribution in [2.24, 2.45) is 5.73 Å². The van der Waals surface area contributed by atoms with E-state index in [4.69, 9.17) is 45.1 Å². The molecule has 118 valence electrons. The second-order valence-electron chi connectivity index (χ2n) is 3.72. The molecule has 0 unspecified atom stereocenters. The van der Waals surface area contributed by atoms with Crippen LogP contribution in [0.1, 0.15) is 11.1 Å². The molecule has 0 bridgehead atoms. The third-order valence-corrected chi connectivity index (χ3v) is 4.53. The van der Waals surface area contributed by atoms with Gasteiger partial charge >= 0.3 is 6.18 Å². The average molecular weight is 387 g/mol. The molecule has 0 heterocycles. The van der Waals surface area contributed by atoms with Crippen LogP contribution in [-0.4, -0.2) is 18.9 Å². The summed E-state index contributed by atoms with van der Waals surface area (Å²) in [6.07, 6.45) is -5.01. The van der Waals surface area contributed by atoms with Gasteiger partial charge in [0.25, 0.3) is 16.0 Å². The molecule has 0 saturated heterocycles. The van der Waals surface area contributed by atoms with Gasteiger partial charge < -0.3 is 5.73 Å². The molecule has 0 aromatic heterocycles. The first-order valence-electron chi connectivity index (χ1n) is 4.76. The number of nitrogens with two attached hydrogens (primary N) is 1. The number of carbonyl (C=O) groups excluding carboxylic acids is 1. The average Bonchev–Trinajstić information content (AvgIpc) is 2.24. The van der Waals surface area contributed by atoms with Gasteiger partial charge in [0, 0.05) is 5.56 Å². The third-order valence-electron chi connectivity index (χ3n) is 2.31. The van der Waals surface area contributed by atoms with Crippen LogP contribution in [0.15, 0.2) is 17.0 Å². The van der Waals surface area contributed by atoms with E-state index in [-0.39, 0.29) is 0 Å². The molecule has 1 aromatic carbocycles. The molecule has 12 heteroatoms. The third kappa shape index (κ3) is 3.54. The number of primary amides is 1. The minimum atomic E-state index is -5.27. The van der Waals surface area contributed by atoms with Gasteiger partial charge in [-0.1, -0.05) is 40.9 Å². The van der Waals surface area contributed by atoms with Gasteiger partial charge in [-0.25, -0.2) is 0 Å². The summed E-state index contributed by atoms with van der Waals surface area (Å²) in [6.45, 7) is 0. The Balaban J connectivity index is 3.88. The number of alkyl halides is 5. The number of amides is 1. The lowest BCUT2D eigenvalue weighted by molar-refractivity contribution is -0.137. The van der Waals surface area contributed by atoms with Crippen molar-refractivity contribution in [3.63, 3.8) is 0 Å². The monoisotopic (exact) mass is 385 g/mol. The van der Waals surface area contributed by atoms with Gasteiger partial charge in [-0.3, -0.25) is 9.35 Å². The molecule has 0 atom stereocenters. The van der Waals surface area contributed by atoms with E-state index in [9.17, 15) is 26.4 Å². The van der Waals surface area contributed by atoms with E-state index in [0.717, 1.165) is 0 Å². The van der Waals surface area contributed by atoms with Crippen molar-refractivity contribution in [1.82, 2.24) is 0 Å². The predicted octanol–water partition coefficient (Wildman–Crippen LogP) is 2.72. The normalized spacial score (nSPS) is 13.3. The number of rotatable bonds is 3. The van der Waals surface area contributed by atoms with Crippen LogP contribution in [0.4, 0.5) is 13.2 Å². The second-order valence-corrected chi connectivity index (χ2v) is 6.78. The highest BCUT2D eigenvalue weighted by atomic mass is 35.5. The van der Waals surface area contributed by atoms with E-state index >= 15 is 0 Å². The van der Waals surface area contributed by atoms with Crippen LogP contribution in [0.2, 0.25) is 5.02 Å². The van der Waals surface area contributed by atoms with E-state index in [2.05, 4.69) is 0 Å². The SMILES string of the molecule is NC(=O)C(Cl)(Cl)c1ccc(C(F)(F)F)c(Cl)c1S(=O)(=O)O. The first-order valence-corrected chi connectivity index (χ1v) is 7.33. The molecule has 1 aromatic rings. The minimum Gasteiger partial charge on any atom is -0.367 e. The fraction of sp³-hybridized carbons (Fsp3) is 0.222. The number of hydrogen-bond donors (Lipinski definition) is 2. The van der Waals surface area contributed by atoms with E-state index < -0.39 is 47.6 Å². The van der Waals surface area contributed by atoms with Crippen LogP contribution in [-0.2, 0) is 25.4 Å². The summed E-state index contributed by atoms with van der Waals surface area (Å²) in [5.74, 6) is -1.47. The van der Waals surface area contributed by atoms with Gasteiger partial charge in [-0.05, 0) is 6.07 Å². The van der Waals surface area contributed by atoms with Crippen molar-refractivity contribution in [3.05, 3.63) is 28.3 Å². The number of benzene rings is 1. The van der Waals surface area contributed by atoms with Crippen LogP contribution in [0.3, 0.4) is 0 Å². The smallest absolute Gasteiger partial charge is 0.367 e. The first-order chi connectivity index (χ1) is 9.20. The summed E-state index contributed by atoms with van der Waals surface area (Å²) in [5, 5.41) is -1.38. The van der Waals surface area contributed by atoms with Crippen molar-refractivity contribution < 1.29 is 30.9 Å². The lowest BCUT2D eigenvalue weighted by atomic mass is 10.1. The molecule has 0 aliphatic heterocycles. The molecule has 1 rings (SSSR count). The van der Waals surface area contributed by atoms with Crippen molar-refractivity contribution in [1.29, 1.82) is 0 Å². The van der Waals surface area contributed by atoms with Gasteiger partial charge in [0.05, 0.1) is 10.6 Å². The number of carbonyl (C=O) groups is 1. The Labute approximate surface area is 131 Å². The summed E-state index contributed by atoms with van der Waals surface area (Å²) in [7, 11) is -5.27. The maximum absolute atomic E-state index is 12.7. The van der Waals surface area contributed by atoms with E-state index in [1.54, 1.807) is 0 Å². The molecule has 0 fully saturated rings. The zero-order chi connectivity index (χ0) is 16.8. The highest BCUT2D eigenvalue weighted by molar-refractivity contribution is 7.86. The second kappa shape index (κ2) is 5.47. The molecule has 0 aliphatic rings. The lowest BCUT2D eigenvalue weighted by Gasteiger charge is -2.21. The van der Waals surface area contributed by atoms with Gasteiger partial charge in [-0.2, -0.15) is 21.6 Å². The largest absolute Gasteiger partial charge is 0.417 e. The zero-order valence-electron chi connectivity index (χ0n) is 9.58. The Kier molecular flexibility index (Phi) is 4.77. The Morgan fingerprint density at radius 1 is 1.19 bits per heavy atom. The minimum absolute atomic E-state index is 0.356. The van der Waals surface area contributed by atoms with Crippen LogP contribution in [0.25, 0.3) is 0 Å². The Morgan fingerprint density at radius 2 is 1.62 bits per heavy atom. The van der Waals surface area contributed by atoms with Crippen LogP contribution >= 0.6 is 34.8 Å². The first kappa shape index (κ1) is 18.3. The maximum Gasteiger partial charge on any atom is 0.417 e. The van der Waals surface area contributed by atoms with E-state index in [1.807, 2.05) is 0 Å². The highest BCUT2D eigenvalue weighted by Gasteiger charge is 2.43. The zero-order valence-corrected chi connectivity index (χ0v) is 12.7. The van der Waals surface area contributed by atoms with Crippen LogP contribution in [0, 0.1) is 0 Å². The number of hydrogen-bond acceptors (Lipinski definition) is 3. The lowest BCUT2D eigenvalue weighted by Crippen LogP contribution is -2.32. The topological polar surface area (TPSA) is 97.5 Å². The molecular weight excluding hydrogens is 382 g/mol. The Hall–Kier alpha value is -0.740. The molecule has 0 saturated carbocycles. The predicted molar refractivity (Wildman–Crippen MR) is 68.8 cm³/mol. The maximum atomic E-state index is 12.7. The summed E-state index contributed by atoms with van der Waals surface area (Å²) in [6, 6.07) is 0.845. The fourth-order valence-electron chi connectivity index (χ4n) is 1.41. The van der Waals surface area contributed by atoms with Crippen LogP contribution < -0.4 is 5.73 Å². The van der Waals surface area contributed by atoms with Crippen LogP contribution in [0.5, 0.6) is 0 Å². The number of halogens is 6. The van der Waals surface area contributed by atoms with Gasteiger partial charge in [0.2, 0.25) is 4.33 Å². The van der Waals surface area contributed by atoms with Crippen molar-refractivity contribution in [2.75, 3.05) is 0 Å². The van der Waals surface area contributed by atoms with Crippen molar-refractivity contribution >= 4 is 50.8 Å². The molecule has 0 radical (unpaired) electrons. The molecule has 0 aliphatic carbocycles. The van der Waals surface area contributed by atoms with Crippen molar-refractivity contribution in [3.8, 4) is 0 Å². The van der Waals surface area contributed by atoms with E-state index in [1.165, 1.54) is 0 Å². The molecule has 1 amide bonds. The van der Waals surface area contributed by atoms with Gasteiger partial charge in [0.1, 0.15) is 4.90 Å². The molecule has 21 heavy (non-hydrogen) atoms. The summed E-state index contributed by atoms with van der Waals surface area (Å²) in [5.41, 5.74) is 2.39. The van der Waals surface area contributed by atoms with Gasteiger partial charge in [-0.15, -0.1) is 0 Å². The van der Waals surface area contributed by atoms with E-state index in [0.29, 0.717) is 12.1 Å². The Morgan fingerprint density at radius 3 is 1.95 bits per heavy atom. The highest BCUT2D eigenvalue weighted by Crippen LogP contribution is 2.44. The summed E-state index contributed by atoms with van der Waals surface area (Å²) >= 11 is 16.4. The molecule has 0 spiro atoms. The Bertz CT molecular complexity index is 703. The summed E-state index contributed by atoms with van der Waals surface area (Å²) < 4.78 is 66.9. The quantitative estimate of drug-likeness (QED) is 0.616. The fourth-order valence-corrected chi connectivity index (χ4v) is 3.23. The molecular formula is C9H5Cl3F3NO4S. The summed E-state index contributed by atoms with van der Waals surface area (Å²) in [4.78, 5) is 9.67.